The van der Waals surface area contributed by atoms with Crippen molar-refractivity contribution in [1.29, 1.82) is 0 Å². The molecule has 0 bridgehead atoms. The first-order valence-electron chi connectivity index (χ1n) is 12.9. The molecule has 1 heterocycles. The minimum absolute atomic E-state index is 0.0978. The third kappa shape index (κ3) is 8.42. The molecule has 7 heteroatoms. The number of halogens is 1. The van der Waals surface area contributed by atoms with Crippen molar-refractivity contribution in [3.63, 3.8) is 0 Å². The van der Waals surface area contributed by atoms with Crippen LogP contribution in [0, 0.1) is 18.2 Å². The van der Waals surface area contributed by atoms with Crippen LogP contribution in [0.3, 0.4) is 0 Å². The van der Waals surface area contributed by atoms with Crippen molar-refractivity contribution in [2.45, 2.75) is 73.1 Å². The highest BCUT2D eigenvalue weighted by atomic mass is 19.1. The first-order valence-corrected chi connectivity index (χ1v) is 12.9. The van der Waals surface area contributed by atoms with Gasteiger partial charge >= 0.3 is 6.09 Å². The minimum atomic E-state index is -0.524. The van der Waals surface area contributed by atoms with Gasteiger partial charge in [0.15, 0.2) is 0 Å². The summed E-state index contributed by atoms with van der Waals surface area (Å²) in [5.74, 6) is 0.572. The molecule has 0 aliphatic carbocycles. The third-order valence-electron chi connectivity index (χ3n) is 5.90. The van der Waals surface area contributed by atoms with Gasteiger partial charge in [0.2, 0.25) is 0 Å². The summed E-state index contributed by atoms with van der Waals surface area (Å²) in [6.45, 7) is 15.8. The largest absolute Gasteiger partial charge is 0.444 e. The van der Waals surface area contributed by atoms with Crippen molar-refractivity contribution in [2.24, 2.45) is 5.41 Å². The molecule has 2 aromatic carbocycles. The third-order valence-corrected chi connectivity index (χ3v) is 5.90. The SMILES string of the molecule is Cc1ccc(F)c(-c2cn(Cc3ccccc3)c(C(NCCCNC(=O)OC(C)(C)C)C(C)(C)C)n2)c1. The maximum Gasteiger partial charge on any atom is 0.407 e. The van der Waals surface area contributed by atoms with E-state index in [2.05, 4.69) is 48.1 Å². The van der Waals surface area contributed by atoms with E-state index in [1.54, 1.807) is 6.07 Å². The zero-order chi connectivity index (χ0) is 27.2. The molecule has 0 aliphatic heterocycles. The van der Waals surface area contributed by atoms with E-state index in [0.29, 0.717) is 30.9 Å². The van der Waals surface area contributed by atoms with Crippen LogP contribution in [0.2, 0.25) is 0 Å². The maximum absolute atomic E-state index is 14.8. The highest BCUT2D eigenvalue weighted by Crippen LogP contribution is 2.35. The number of alkyl carbamates (subject to hydrolysis) is 1. The number of hydrogen-bond donors (Lipinski definition) is 2. The van der Waals surface area contributed by atoms with E-state index in [1.165, 1.54) is 6.07 Å². The smallest absolute Gasteiger partial charge is 0.407 e. The van der Waals surface area contributed by atoms with Gasteiger partial charge in [-0.15, -0.1) is 0 Å². The second-order valence-electron chi connectivity index (χ2n) is 11.6. The van der Waals surface area contributed by atoms with Crippen molar-refractivity contribution in [3.05, 3.63) is 77.5 Å². The fourth-order valence-electron chi connectivity index (χ4n) is 4.16. The van der Waals surface area contributed by atoms with Gasteiger partial charge in [0.1, 0.15) is 17.2 Å². The average molecular weight is 509 g/mol. The predicted molar refractivity (Wildman–Crippen MR) is 147 cm³/mol. The number of hydrogen-bond acceptors (Lipinski definition) is 4. The van der Waals surface area contributed by atoms with Gasteiger partial charge in [-0.2, -0.15) is 0 Å². The number of aromatic nitrogens is 2. The number of nitrogens with zero attached hydrogens (tertiary/aromatic N) is 2. The van der Waals surface area contributed by atoms with Gasteiger partial charge < -0.3 is 19.9 Å². The standard InChI is InChI=1S/C30H41FN4O2/c1-21-14-15-24(31)23(18-21)25-20-35(19-22-12-9-8-10-13-22)27(34-25)26(29(2,3)4)32-16-11-17-33-28(36)37-30(5,6)7/h8-10,12-15,18,20,26,32H,11,16-17,19H2,1-7H3,(H,33,36). The van der Waals surface area contributed by atoms with Crippen LogP contribution < -0.4 is 10.6 Å². The Morgan fingerprint density at radius 1 is 1.05 bits per heavy atom. The number of amides is 1. The Balaban J connectivity index is 1.83. The number of imidazole rings is 1. The summed E-state index contributed by atoms with van der Waals surface area (Å²) in [4.78, 5) is 16.9. The van der Waals surface area contributed by atoms with E-state index in [0.717, 1.165) is 23.4 Å². The number of carbonyl (C=O) groups excluding carboxylic acids is 1. The molecule has 0 saturated carbocycles. The first kappa shape index (κ1) is 28.4. The highest BCUT2D eigenvalue weighted by Gasteiger charge is 2.31. The highest BCUT2D eigenvalue weighted by molar-refractivity contribution is 5.67. The maximum atomic E-state index is 14.8. The van der Waals surface area contributed by atoms with E-state index in [1.807, 2.05) is 58.2 Å². The fourth-order valence-corrected chi connectivity index (χ4v) is 4.16. The molecular formula is C30H41FN4O2. The van der Waals surface area contributed by atoms with Crippen LogP contribution in [0.25, 0.3) is 11.3 Å². The zero-order valence-electron chi connectivity index (χ0n) is 23.2. The molecule has 1 aromatic heterocycles. The lowest BCUT2D eigenvalue weighted by Gasteiger charge is -2.32. The van der Waals surface area contributed by atoms with Crippen LogP contribution in [0.15, 0.2) is 54.7 Å². The van der Waals surface area contributed by atoms with Gasteiger partial charge in [0.25, 0.3) is 0 Å². The molecule has 0 spiro atoms. The number of nitrogens with one attached hydrogen (secondary N) is 2. The number of ether oxygens (including phenoxy) is 1. The Labute approximate surface area is 220 Å². The quantitative estimate of drug-likeness (QED) is 0.318. The Hall–Kier alpha value is -3.19. The van der Waals surface area contributed by atoms with E-state index >= 15 is 0 Å². The Morgan fingerprint density at radius 3 is 2.41 bits per heavy atom. The molecule has 0 saturated heterocycles. The summed E-state index contributed by atoms with van der Waals surface area (Å²) in [5, 5.41) is 6.45. The van der Waals surface area contributed by atoms with Crippen LogP contribution in [-0.4, -0.2) is 34.3 Å². The van der Waals surface area contributed by atoms with E-state index in [-0.39, 0.29) is 17.3 Å². The summed E-state index contributed by atoms with van der Waals surface area (Å²) in [6, 6.07) is 15.2. The second-order valence-corrected chi connectivity index (χ2v) is 11.6. The Kier molecular flexibility index (Phi) is 9.13. The van der Waals surface area contributed by atoms with E-state index < -0.39 is 11.7 Å². The number of carbonyl (C=O) groups is 1. The lowest BCUT2D eigenvalue weighted by molar-refractivity contribution is 0.0527. The predicted octanol–water partition coefficient (Wildman–Crippen LogP) is 6.64. The van der Waals surface area contributed by atoms with E-state index in [4.69, 9.17) is 9.72 Å². The van der Waals surface area contributed by atoms with Gasteiger partial charge in [-0.3, -0.25) is 0 Å². The number of aryl methyl sites for hydroxylation is 1. The van der Waals surface area contributed by atoms with Gasteiger partial charge in [-0.05, 0) is 63.8 Å². The van der Waals surface area contributed by atoms with Crippen LogP contribution in [0.5, 0.6) is 0 Å². The Morgan fingerprint density at radius 2 is 1.76 bits per heavy atom. The molecule has 37 heavy (non-hydrogen) atoms. The van der Waals surface area contributed by atoms with Gasteiger partial charge in [0, 0.05) is 24.8 Å². The lowest BCUT2D eigenvalue weighted by atomic mass is 9.86. The monoisotopic (exact) mass is 508 g/mol. The molecule has 0 fully saturated rings. The molecule has 1 unspecified atom stereocenters. The van der Waals surface area contributed by atoms with Crippen molar-refractivity contribution in [1.82, 2.24) is 20.2 Å². The Bertz CT molecular complexity index is 1180. The van der Waals surface area contributed by atoms with Gasteiger partial charge in [0.05, 0.1) is 11.7 Å². The topological polar surface area (TPSA) is 68.2 Å². The van der Waals surface area contributed by atoms with Crippen molar-refractivity contribution in [2.75, 3.05) is 13.1 Å². The van der Waals surface area contributed by atoms with Gasteiger partial charge in [-0.25, -0.2) is 14.2 Å². The van der Waals surface area contributed by atoms with Crippen molar-refractivity contribution >= 4 is 6.09 Å². The van der Waals surface area contributed by atoms with Crippen LogP contribution >= 0.6 is 0 Å². The molecule has 0 aliphatic rings. The van der Waals surface area contributed by atoms with Crippen LogP contribution in [-0.2, 0) is 11.3 Å². The molecule has 1 amide bonds. The molecule has 200 valence electrons. The van der Waals surface area contributed by atoms with E-state index in [9.17, 15) is 9.18 Å². The van der Waals surface area contributed by atoms with Crippen molar-refractivity contribution in [3.8, 4) is 11.3 Å². The molecular weight excluding hydrogens is 467 g/mol. The minimum Gasteiger partial charge on any atom is -0.444 e. The summed E-state index contributed by atoms with van der Waals surface area (Å²) in [7, 11) is 0. The lowest BCUT2D eigenvalue weighted by Crippen LogP contribution is -2.37. The van der Waals surface area contributed by atoms with Crippen LogP contribution in [0.1, 0.15) is 71.0 Å². The fraction of sp³-hybridized carbons (Fsp3) is 0.467. The summed E-state index contributed by atoms with van der Waals surface area (Å²) in [5.41, 5.74) is 2.56. The number of benzene rings is 2. The molecule has 3 aromatic rings. The molecule has 1 atom stereocenters. The van der Waals surface area contributed by atoms with Crippen molar-refractivity contribution < 1.29 is 13.9 Å². The van der Waals surface area contributed by atoms with Gasteiger partial charge in [-0.1, -0.05) is 62.7 Å². The normalized spacial score (nSPS) is 12.9. The zero-order valence-corrected chi connectivity index (χ0v) is 23.2. The molecule has 3 rings (SSSR count). The number of rotatable bonds is 9. The molecule has 2 N–H and O–H groups in total. The molecule has 0 radical (unpaired) electrons. The second kappa shape index (κ2) is 11.9. The average Bonchev–Trinajstić information content (AvgIpc) is 3.19. The molecule has 6 nitrogen and oxygen atoms in total. The van der Waals surface area contributed by atoms with Crippen LogP contribution in [0.4, 0.5) is 9.18 Å². The summed E-state index contributed by atoms with van der Waals surface area (Å²) in [6.07, 6.45) is 2.26. The first-order chi connectivity index (χ1) is 17.3. The summed E-state index contributed by atoms with van der Waals surface area (Å²) >= 11 is 0. The summed E-state index contributed by atoms with van der Waals surface area (Å²) < 4.78 is 22.2.